The number of esters is 1. The third-order valence-corrected chi connectivity index (χ3v) is 6.15. The number of aromatic nitrogens is 1. The van der Waals surface area contributed by atoms with E-state index in [0.29, 0.717) is 18.3 Å². The smallest absolute Gasteiger partial charge is 0.309 e. The minimum atomic E-state index is -0.335. The molecule has 1 aromatic heterocycles. The van der Waals surface area contributed by atoms with Crippen LogP contribution in [0, 0.1) is 17.8 Å². The van der Waals surface area contributed by atoms with Crippen molar-refractivity contribution in [3.05, 3.63) is 17.0 Å². The first kappa shape index (κ1) is 19.4. The van der Waals surface area contributed by atoms with Crippen LogP contribution in [0.5, 0.6) is 0 Å². The van der Waals surface area contributed by atoms with Crippen molar-refractivity contribution in [3.63, 3.8) is 0 Å². The highest BCUT2D eigenvalue weighted by atomic mass is 16.5. The maximum absolute atomic E-state index is 12.1. The number of ether oxygens (including phenoxy) is 1. The number of nitrogens with zero attached hydrogens (tertiary/aromatic N) is 1. The lowest BCUT2D eigenvalue weighted by atomic mass is 9.69. The Bertz CT molecular complexity index is 614. The molecular formula is C21H33NO4. The summed E-state index contributed by atoms with van der Waals surface area (Å²) in [6.45, 7) is 6.45. The molecule has 5 heteroatoms. The second-order valence-electron chi connectivity index (χ2n) is 8.71. The van der Waals surface area contributed by atoms with Gasteiger partial charge in [-0.1, -0.05) is 25.9 Å². The van der Waals surface area contributed by atoms with Crippen molar-refractivity contribution < 1.29 is 19.2 Å². The number of carbonyl (C=O) groups excluding carboxylic acids is 1. The summed E-state index contributed by atoms with van der Waals surface area (Å²) in [5, 5.41) is 14.0. The molecule has 0 aromatic carbocycles. The standard InChI is InChI=1S/C21H33NO4/c1-12(2)9-14-10-16(11-14)20-18(15-5-6-15)19(22-26-20)17(7-8-23)13(3)21(24)25-4/h12-17,23H,5-11H2,1-4H3. The second kappa shape index (κ2) is 8.12. The third kappa shape index (κ3) is 3.98. The first-order valence-electron chi connectivity index (χ1n) is 10.1. The first-order chi connectivity index (χ1) is 12.5. The van der Waals surface area contributed by atoms with Crippen LogP contribution in [-0.4, -0.2) is 29.9 Å². The summed E-state index contributed by atoms with van der Waals surface area (Å²) in [7, 11) is 1.41. The molecule has 0 amide bonds. The molecule has 1 aromatic rings. The van der Waals surface area contributed by atoms with Gasteiger partial charge in [0.05, 0.1) is 18.7 Å². The van der Waals surface area contributed by atoms with Gasteiger partial charge in [-0.25, -0.2) is 0 Å². The minimum absolute atomic E-state index is 0.0260. The van der Waals surface area contributed by atoms with Crippen LogP contribution in [0.1, 0.15) is 94.1 Å². The summed E-state index contributed by atoms with van der Waals surface area (Å²) >= 11 is 0. The number of aliphatic hydroxyl groups excluding tert-OH is 1. The molecule has 1 heterocycles. The molecule has 3 rings (SSSR count). The maximum atomic E-state index is 12.1. The largest absolute Gasteiger partial charge is 0.469 e. The Kier molecular flexibility index (Phi) is 6.06. The maximum Gasteiger partial charge on any atom is 0.309 e. The molecule has 26 heavy (non-hydrogen) atoms. The zero-order chi connectivity index (χ0) is 18.8. The molecule has 2 aliphatic rings. The van der Waals surface area contributed by atoms with Crippen molar-refractivity contribution in [3.8, 4) is 0 Å². The fourth-order valence-corrected chi connectivity index (χ4v) is 4.59. The van der Waals surface area contributed by atoms with E-state index in [1.165, 1.54) is 44.8 Å². The van der Waals surface area contributed by atoms with Crippen molar-refractivity contribution in [2.24, 2.45) is 17.8 Å². The van der Waals surface area contributed by atoms with Crippen LogP contribution in [-0.2, 0) is 9.53 Å². The lowest BCUT2D eigenvalue weighted by Crippen LogP contribution is -2.25. The predicted octanol–water partition coefficient (Wildman–Crippen LogP) is 4.37. The highest BCUT2D eigenvalue weighted by molar-refractivity contribution is 5.73. The number of methoxy groups -OCH3 is 1. The Labute approximate surface area is 156 Å². The Morgan fingerprint density at radius 1 is 1.27 bits per heavy atom. The van der Waals surface area contributed by atoms with Crippen molar-refractivity contribution >= 4 is 5.97 Å². The average Bonchev–Trinajstić information content (AvgIpc) is 3.33. The van der Waals surface area contributed by atoms with Crippen LogP contribution < -0.4 is 0 Å². The fraction of sp³-hybridized carbons (Fsp3) is 0.810. The van der Waals surface area contributed by atoms with E-state index in [-0.39, 0.29) is 24.4 Å². The van der Waals surface area contributed by atoms with Crippen LogP contribution in [0.4, 0.5) is 0 Å². The number of carbonyl (C=O) groups is 1. The molecule has 0 spiro atoms. The molecule has 0 saturated heterocycles. The topological polar surface area (TPSA) is 72.6 Å². The zero-order valence-electron chi connectivity index (χ0n) is 16.5. The van der Waals surface area contributed by atoms with Gasteiger partial charge >= 0.3 is 5.97 Å². The first-order valence-corrected chi connectivity index (χ1v) is 10.1. The van der Waals surface area contributed by atoms with Gasteiger partial charge in [-0.3, -0.25) is 4.79 Å². The van der Waals surface area contributed by atoms with E-state index >= 15 is 0 Å². The SMILES string of the molecule is COC(=O)C(C)C(CCO)c1noc(C2CC(CC(C)C)C2)c1C1CC1. The van der Waals surface area contributed by atoms with Crippen LogP contribution >= 0.6 is 0 Å². The molecule has 2 unspecified atom stereocenters. The van der Waals surface area contributed by atoms with Crippen molar-refractivity contribution in [2.75, 3.05) is 13.7 Å². The highest BCUT2D eigenvalue weighted by Crippen LogP contribution is 2.53. The molecule has 146 valence electrons. The fourth-order valence-electron chi connectivity index (χ4n) is 4.59. The van der Waals surface area contributed by atoms with Gasteiger partial charge < -0.3 is 14.4 Å². The van der Waals surface area contributed by atoms with E-state index in [2.05, 4.69) is 19.0 Å². The molecule has 2 saturated carbocycles. The Hall–Kier alpha value is -1.36. The number of hydrogen-bond donors (Lipinski definition) is 1. The molecule has 2 atom stereocenters. The average molecular weight is 363 g/mol. The Balaban J connectivity index is 1.81. The molecule has 2 fully saturated rings. The molecule has 1 N–H and O–H groups in total. The number of rotatable bonds is 9. The van der Waals surface area contributed by atoms with Crippen LogP contribution in [0.15, 0.2) is 4.52 Å². The van der Waals surface area contributed by atoms with E-state index < -0.39 is 0 Å². The molecular weight excluding hydrogens is 330 g/mol. The summed E-state index contributed by atoms with van der Waals surface area (Å²) in [6.07, 6.45) is 6.49. The van der Waals surface area contributed by atoms with Crippen LogP contribution in [0.2, 0.25) is 0 Å². The van der Waals surface area contributed by atoms with Gasteiger partial charge in [0.15, 0.2) is 0 Å². The normalized spacial score (nSPS) is 25.0. The quantitative estimate of drug-likeness (QED) is 0.660. The summed E-state index contributed by atoms with van der Waals surface area (Å²) in [5.74, 6) is 2.84. The summed E-state index contributed by atoms with van der Waals surface area (Å²) in [6, 6.07) is 0. The lowest BCUT2D eigenvalue weighted by molar-refractivity contribution is -0.145. The van der Waals surface area contributed by atoms with Gasteiger partial charge in [-0.15, -0.1) is 0 Å². The highest BCUT2D eigenvalue weighted by Gasteiger charge is 2.42. The van der Waals surface area contributed by atoms with Crippen molar-refractivity contribution in [2.45, 2.75) is 77.0 Å². The van der Waals surface area contributed by atoms with E-state index in [9.17, 15) is 9.90 Å². The van der Waals surface area contributed by atoms with E-state index in [1.54, 1.807) is 0 Å². The number of aliphatic hydroxyl groups is 1. The lowest BCUT2D eigenvalue weighted by Gasteiger charge is -2.35. The van der Waals surface area contributed by atoms with Gasteiger partial charge in [0, 0.05) is 24.0 Å². The molecule has 0 bridgehead atoms. The zero-order valence-corrected chi connectivity index (χ0v) is 16.5. The number of hydrogen-bond acceptors (Lipinski definition) is 5. The summed E-state index contributed by atoms with van der Waals surface area (Å²) in [4.78, 5) is 12.1. The van der Waals surface area contributed by atoms with Crippen molar-refractivity contribution in [1.29, 1.82) is 0 Å². The summed E-state index contributed by atoms with van der Waals surface area (Å²) < 4.78 is 10.8. The Morgan fingerprint density at radius 2 is 1.96 bits per heavy atom. The molecule has 2 aliphatic carbocycles. The van der Waals surface area contributed by atoms with Gasteiger partial charge in [0.2, 0.25) is 0 Å². The van der Waals surface area contributed by atoms with Crippen molar-refractivity contribution in [1.82, 2.24) is 5.16 Å². The van der Waals surface area contributed by atoms with E-state index in [1.807, 2.05) is 6.92 Å². The summed E-state index contributed by atoms with van der Waals surface area (Å²) in [5.41, 5.74) is 2.13. The monoisotopic (exact) mass is 363 g/mol. The van der Waals surface area contributed by atoms with Gasteiger partial charge in [-0.05, 0) is 56.3 Å². The van der Waals surface area contributed by atoms with Gasteiger partial charge in [-0.2, -0.15) is 0 Å². The Morgan fingerprint density at radius 3 is 2.50 bits per heavy atom. The van der Waals surface area contributed by atoms with Crippen LogP contribution in [0.25, 0.3) is 0 Å². The molecule has 0 aliphatic heterocycles. The van der Waals surface area contributed by atoms with Gasteiger partial charge in [0.1, 0.15) is 5.76 Å². The van der Waals surface area contributed by atoms with Crippen LogP contribution in [0.3, 0.4) is 0 Å². The third-order valence-electron chi connectivity index (χ3n) is 6.15. The minimum Gasteiger partial charge on any atom is -0.469 e. The molecule has 0 radical (unpaired) electrons. The molecule has 5 nitrogen and oxygen atoms in total. The van der Waals surface area contributed by atoms with E-state index in [0.717, 1.165) is 23.3 Å². The second-order valence-corrected chi connectivity index (χ2v) is 8.71. The van der Waals surface area contributed by atoms with E-state index in [4.69, 9.17) is 9.26 Å². The predicted molar refractivity (Wildman–Crippen MR) is 99.0 cm³/mol. The van der Waals surface area contributed by atoms with Gasteiger partial charge in [0.25, 0.3) is 0 Å².